The Labute approximate surface area is 211 Å². The molecule has 0 fully saturated rings. The largest absolute Gasteiger partial charge is 0.494 e. The van der Waals surface area contributed by atoms with Crippen molar-refractivity contribution < 1.29 is 23.4 Å². The van der Waals surface area contributed by atoms with Crippen LogP contribution in [0.2, 0.25) is 0 Å². The SMILES string of the molecule is COCCn1ccn2cc(C(=O)NCc3ccc(F)c(OC)c3)c(=O)c(OCc3ccccc3)c2c1=O. The minimum absolute atomic E-state index is 0.0133. The Kier molecular flexibility index (Phi) is 7.99. The summed E-state index contributed by atoms with van der Waals surface area (Å²) < 4.78 is 32.4. The Morgan fingerprint density at radius 1 is 1.03 bits per heavy atom. The van der Waals surface area contributed by atoms with Gasteiger partial charge < -0.3 is 28.5 Å². The van der Waals surface area contributed by atoms with Gasteiger partial charge in [0.15, 0.2) is 22.8 Å². The van der Waals surface area contributed by atoms with Crippen molar-refractivity contribution in [1.29, 1.82) is 0 Å². The fraction of sp³-hybridized carbons (Fsp3) is 0.222. The first-order valence-corrected chi connectivity index (χ1v) is 11.5. The molecule has 0 atom stereocenters. The van der Waals surface area contributed by atoms with E-state index < -0.39 is 22.7 Å². The molecule has 10 heteroatoms. The summed E-state index contributed by atoms with van der Waals surface area (Å²) in [5, 5.41) is 2.66. The van der Waals surface area contributed by atoms with E-state index in [2.05, 4.69) is 5.32 Å². The summed E-state index contributed by atoms with van der Waals surface area (Å²) in [6.45, 7) is 0.631. The third kappa shape index (κ3) is 5.70. The highest BCUT2D eigenvalue weighted by atomic mass is 19.1. The Morgan fingerprint density at radius 2 is 1.81 bits per heavy atom. The Morgan fingerprint density at radius 3 is 2.54 bits per heavy atom. The van der Waals surface area contributed by atoms with Gasteiger partial charge in [-0.2, -0.15) is 0 Å². The number of benzene rings is 2. The summed E-state index contributed by atoms with van der Waals surface area (Å²) in [5.74, 6) is -1.38. The van der Waals surface area contributed by atoms with Crippen LogP contribution in [0, 0.1) is 5.82 Å². The van der Waals surface area contributed by atoms with Crippen LogP contribution >= 0.6 is 0 Å². The fourth-order valence-corrected chi connectivity index (χ4v) is 3.77. The van der Waals surface area contributed by atoms with Gasteiger partial charge in [-0.25, -0.2) is 4.39 Å². The number of methoxy groups -OCH3 is 2. The van der Waals surface area contributed by atoms with Gasteiger partial charge in [-0.1, -0.05) is 36.4 Å². The molecule has 2 aromatic heterocycles. The average molecular weight is 508 g/mol. The van der Waals surface area contributed by atoms with Crippen molar-refractivity contribution in [3.8, 4) is 11.5 Å². The fourth-order valence-electron chi connectivity index (χ4n) is 3.77. The van der Waals surface area contributed by atoms with E-state index in [1.807, 2.05) is 30.3 Å². The summed E-state index contributed by atoms with van der Waals surface area (Å²) in [6.07, 6.45) is 4.42. The van der Waals surface area contributed by atoms with Crippen LogP contribution in [0.1, 0.15) is 21.5 Å². The molecule has 2 aromatic carbocycles. The molecule has 0 unspecified atom stereocenters. The van der Waals surface area contributed by atoms with E-state index >= 15 is 0 Å². The van der Waals surface area contributed by atoms with Crippen molar-refractivity contribution >= 4 is 11.4 Å². The zero-order valence-electron chi connectivity index (χ0n) is 20.4. The molecule has 0 saturated carbocycles. The number of carbonyl (C=O) groups excluding carboxylic acids is 1. The monoisotopic (exact) mass is 507 g/mol. The maximum Gasteiger partial charge on any atom is 0.278 e. The highest BCUT2D eigenvalue weighted by Gasteiger charge is 2.21. The first-order valence-electron chi connectivity index (χ1n) is 11.5. The number of ether oxygens (including phenoxy) is 3. The maximum absolute atomic E-state index is 13.7. The van der Waals surface area contributed by atoms with Crippen molar-refractivity contribution in [3.63, 3.8) is 0 Å². The lowest BCUT2D eigenvalue weighted by molar-refractivity contribution is 0.0948. The van der Waals surface area contributed by atoms with E-state index in [1.165, 1.54) is 47.6 Å². The van der Waals surface area contributed by atoms with Gasteiger partial charge in [0.05, 0.1) is 13.7 Å². The number of carbonyl (C=O) groups is 1. The number of aromatic nitrogens is 2. The van der Waals surface area contributed by atoms with Crippen molar-refractivity contribution in [2.75, 3.05) is 20.8 Å². The van der Waals surface area contributed by atoms with Crippen LogP contribution in [0.3, 0.4) is 0 Å². The Bertz CT molecular complexity index is 1530. The molecule has 0 saturated heterocycles. The second-order valence-electron chi connectivity index (χ2n) is 8.17. The van der Waals surface area contributed by atoms with Gasteiger partial charge in [0.1, 0.15) is 12.2 Å². The topological polar surface area (TPSA) is 100 Å². The van der Waals surface area contributed by atoms with Crippen LogP contribution in [0.25, 0.3) is 5.52 Å². The van der Waals surface area contributed by atoms with E-state index in [1.54, 1.807) is 12.4 Å². The molecule has 4 rings (SSSR count). The van der Waals surface area contributed by atoms with Crippen LogP contribution in [-0.4, -0.2) is 35.7 Å². The standard InChI is InChI=1S/C27H26FN3O6/c1-35-13-12-30-10-11-31-16-20(26(33)29-15-19-8-9-21(28)22(14-19)36-2)24(32)25(23(31)27(30)34)37-17-18-6-4-3-5-7-18/h3-11,14,16H,12-13,15,17H2,1-2H3,(H,29,33). The summed E-state index contributed by atoms with van der Waals surface area (Å²) in [7, 11) is 2.87. The number of nitrogens with zero attached hydrogens (tertiary/aromatic N) is 2. The second kappa shape index (κ2) is 11.5. The van der Waals surface area contributed by atoms with Crippen molar-refractivity contribution in [2.45, 2.75) is 19.7 Å². The molecule has 9 nitrogen and oxygen atoms in total. The van der Waals surface area contributed by atoms with Gasteiger partial charge >= 0.3 is 0 Å². The molecule has 1 amide bonds. The number of hydrogen-bond donors (Lipinski definition) is 1. The number of rotatable bonds is 10. The van der Waals surface area contributed by atoms with Gasteiger partial charge in [-0.15, -0.1) is 0 Å². The van der Waals surface area contributed by atoms with Crippen LogP contribution in [-0.2, 0) is 24.4 Å². The van der Waals surface area contributed by atoms with Crippen LogP contribution < -0.4 is 25.8 Å². The Hall–Kier alpha value is -4.44. The molecular formula is C27H26FN3O6. The van der Waals surface area contributed by atoms with Gasteiger partial charge in [0, 0.05) is 38.8 Å². The lowest BCUT2D eigenvalue weighted by Gasteiger charge is -2.14. The number of fused-ring (bicyclic) bond motifs is 1. The van der Waals surface area contributed by atoms with Gasteiger partial charge in [-0.05, 0) is 23.3 Å². The molecule has 192 valence electrons. The molecule has 37 heavy (non-hydrogen) atoms. The zero-order valence-corrected chi connectivity index (χ0v) is 20.4. The van der Waals surface area contributed by atoms with E-state index in [0.717, 1.165) is 5.56 Å². The molecule has 0 radical (unpaired) electrons. The molecule has 2 heterocycles. The minimum atomic E-state index is -0.716. The lowest BCUT2D eigenvalue weighted by Crippen LogP contribution is -2.32. The van der Waals surface area contributed by atoms with Crippen molar-refractivity contribution in [1.82, 2.24) is 14.3 Å². The summed E-state index contributed by atoms with van der Waals surface area (Å²) in [6, 6.07) is 13.3. The average Bonchev–Trinajstić information content (AvgIpc) is 2.92. The number of pyridine rings is 1. The normalized spacial score (nSPS) is 10.9. The predicted molar refractivity (Wildman–Crippen MR) is 135 cm³/mol. The Balaban J connectivity index is 1.71. The summed E-state index contributed by atoms with van der Waals surface area (Å²) in [4.78, 5) is 39.7. The zero-order chi connectivity index (χ0) is 26.4. The van der Waals surface area contributed by atoms with E-state index in [4.69, 9.17) is 14.2 Å². The van der Waals surface area contributed by atoms with Gasteiger partial charge in [0.25, 0.3) is 11.5 Å². The molecule has 0 spiro atoms. The molecular weight excluding hydrogens is 481 g/mol. The third-order valence-electron chi connectivity index (χ3n) is 5.74. The number of hydrogen-bond acceptors (Lipinski definition) is 6. The lowest BCUT2D eigenvalue weighted by atomic mass is 10.2. The molecule has 1 N–H and O–H groups in total. The van der Waals surface area contributed by atoms with E-state index in [9.17, 15) is 18.8 Å². The molecule has 0 aliphatic rings. The summed E-state index contributed by atoms with van der Waals surface area (Å²) >= 11 is 0. The van der Waals surface area contributed by atoms with Crippen LogP contribution in [0.15, 0.2) is 76.7 Å². The predicted octanol–water partition coefficient (Wildman–Crippen LogP) is 2.76. The van der Waals surface area contributed by atoms with Gasteiger partial charge in [0.2, 0.25) is 5.43 Å². The number of halogens is 1. The smallest absolute Gasteiger partial charge is 0.278 e. The van der Waals surface area contributed by atoms with Crippen molar-refractivity contribution in [2.24, 2.45) is 0 Å². The molecule has 0 aliphatic carbocycles. The second-order valence-corrected chi connectivity index (χ2v) is 8.17. The molecule has 4 aromatic rings. The van der Waals surface area contributed by atoms with Crippen molar-refractivity contribution in [3.05, 3.63) is 110 Å². The maximum atomic E-state index is 13.7. The third-order valence-corrected chi connectivity index (χ3v) is 5.74. The number of nitrogens with one attached hydrogen (secondary N) is 1. The highest BCUT2D eigenvalue weighted by molar-refractivity contribution is 5.95. The van der Waals surface area contributed by atoms with Gasteiger partial charge in [-0.3, -0.25) is 14.4 Å². The number of amides is 1. The molecule has 0 bridgehead atoms. The first-order chi connectivity index (χ1) is 17.9. The van der Waals surface area contributed by atoms with Crippen LogP contribution in [0.5, 0.6) is 11.5 Å². The highest BCUT2D eigenvalue weighted by Crippen LogP contribution is 2.19. The molecule has 0 aliphatic heterocycles. The van der Waals surface area contributed by atoms with Crippen LogP contribution in [0.4, 0.5) is 4.39 Å². The van der Waals surface area contributed by atoms with E-state index in [-0.39, 0.29) is 42.3 Å². The summed E-state index contributed by atoms with van der Waals surface area (Å²) in [5.41, 5.74) is 0.00435. The quantitative estimate of drug-likeness (QED) is 0.354. The first kappa shape index (κ1) is 25.6. The minimum Gasteiger partial charge on any atom is -0.494 e. The van der Waals surface area contributed by atoms with E-state index in [0.29, 0.717) is 12.2 Å².